The predicted molar refractivity (Wildman–Crippen MR) is 126 cm³/mol. The average Bonchev–Trinajstić information content (AvgIpc) is 3.60. The summed E-state index contributed by atoms with van der Waals surface area (Å²) in [6.07, 6.45) is -2.20. The first kappa shape index (κ1) is 27.7. The zero-order chi connectivity index (χ0) is 27.8. The second-order valence-corrected chi connectivity index (χ2v) is 10.7. The van der Waals surface area contributed by atoms with E-state index in [1.807, 2.05) is 0 Å². The second-order valence-electron chi connectivity index (χ2n) is 8.22. The fourth-order valence-electron chi connectivity index (χ4n) is 3.86. The Morgan fingerprint density at radius 2 is 1.68 bits per heavy atom. The standard InChI is InChI=1S/C20H22ClF3N8O5S/c1-9(14(35-2)15-25-6-10(21)7-26-15)38(33,34)31-19-30-29-16(11-5-12(11)20(22,23)24)32(19)13-17(36-3)27-8-28-18(13)37-4/h6-9,11-12,14H,5H2,1-4H3,(H,30,31)/t9?,11-,12-,14?/m1/s1. The molecule has 18 heteroatoms. The molecule has 0 saturated heterocycles. The van der Waals surface area contributed by atoms with Gasteiger partial charge in [-0.15, -0.1) is 10.2 Å². The zero-order valence-electron chi connectivity index (χ0n) is 20.3. The first-order valence-corrected chi connectivity index (χ1v) is 12.8. The van der Waals surface area contributed by atoms with Gasteiger partial charge in [-0.1, -0.05) is 11.6 Å². The summed E-state index contributed by atoms with van der Waals surface area (Å²) in [6, 6.07) is 0. The van der Waals surface area contributed by atoms with Crippen molar-refractivity contribution in [1.82, 2.24) is 34.7 Å². The first-order valence-electron chi connectivity index (χ1n) is 10.9. The van der Waals surface area contributed by atoms with Gasteiger partial charge in [0, 0.05) is 25.4 Å². The topological polar surface area (TPSA) is 156 Å². The number of hydrogen-bond acceptors (Lipinski definition) is 11. The van der Waals surface area contributed by atoms with E-state index in [-0.39, 0.29) is 40.5 Å². The molecular formula is C20H22ClF3N8O5S. The number of ether oxygens (including phenoxy) is 3. The lowest BCUT2D eigenvalue weighted by Crippen LogP contribution is -2.33. The van der Waals surface area contributed by atoms with E-state index in [9.17, 15) is 21.6 Å². The number of methoxy groups -OCH3 is 3. The van der Waals surface area contributed by atoms with Gasteiger partial charge in [0.25, 0.3) is 0 Å². The minimum Gasteiger partial charge on any atom is -0.479 e. The highest BCUT2D eigenvalue weighted by molar-refractivity contribution is 7.93. The smallest absolute Gasteiger partial charge is 0.392 e. The molecule has 0 bridgehead atoms. The number of hydrogen-bond donors (Lipinski definition) is 1. The average molecular weight is 579 g/mol. The number of nitrogens with zero attached hydrogens (tertiary/aromatic N) is 7. The monoisotopic (exact) mass is 578 g/mol. The Bertz CT molecular complexity index is 1380. The summed E-state index contributed by atoms with van der Waals surface area (Å²) in [5, 5.41) is 6.69. The van der Waals surface area contributed by atoms with Crippen LogP contribution < -0.4 is 14.2 Å². The molecule has 4 atom stereocenters. The van der Waals surface area contributed by atoms with Gasteiger partial charge in [0.1, 0.15) is 23.5 Å². The lowest BCUT2D eigenvalue weighted by Gasteiger charge is -2.22. The Hall–Kier alpha value is -3.31. The Labute approximate surface area is 219 Å². The van der Waals surface area contributed by atoms with Crippen LogP contribution in [0.1, 0.15) is 37.0 Å². The van der Waals surface area contributed by atoms with Gasteiger partial charge < -0.3 is 14.2 Å². The molecule has 13 nitrogen and oxygen atoms in total. The number of rotatable bonds is 10. The number of alkyl halides is 3. The second kappa shape index (κ2) is 10.5. The van der Waals surface area contributed by atoms with Crippen molar-refractivity contribution in [2.75, 3.05) is 26.1 Å². The van der Waals surface area contributed by atoms with Gasteiger partial charge in [0.15, 0.2) is 11.5 Å². The SMILES string of the molecule is COc1ncnc(OC)c1-n1c(NS(=O)(=O)C(C)C(OC)c2ncc(Cl)cn2)nnc1[C@@H]1C[C@H]1C(F)(F)F. The molecule has 2 unspecified atom stereocenters. The van der Waals surface area contributed by atoms with Gasteiger partial charge in [-0.3, -0.25) is 9.29 Å². The van der Waals surface area contributed by atoms with Crippen LogP contribution in [0.5, 0.6) is 11.8 Å². The van der Waals surface area contributed by atoms with Crippen molar-refractivity contribution in [3.63, 3.8) is 0 Å². The van der Waals surface area contributed by atoms with Crippen molar-refractivity contribution in [2.45, 2.75) is 36.8 Å². The fourth-order valence-corrected chi connectivity index (χ4v) is 5.09. The van der Waals surface area contributed by atoms with Crippen LogP contribution in [0.3, 0.4) is 0 Å². The first-order chi connectivity index (χ1) is 17.9. The third-order valence-electron chi connectivity index (χ3n) is 5.89. The predicted octanol–water partition coefficient (Wildman–Crippen LogP) is 2.70. The fraction of sp³-hybridized carbons (Fsp3) is 0.500. The normalized spacial score (nSPS) is 19.1. The molecule has 0 aliphatic heterocycles. The van der Waals surface area contributed by atoms with Crippen molar-refractivity contribution in [2.24, 2.45) is 5.92 Å². The van der Waals surface area contributed by atoms with Crippen LogP contribution in [0, 0.1) is 5.92 Å². The van der Waals surface area contributed by atoms with Crippen LogP contribution in [0.15, 0.2) is 18.7 Å². The molecular weight excluding hydrogens is 557 g/mol. The molecule has 1 N–H and O–H groups in total. The molecule has 0 aromatic carbocycles. The third kappa shape index (κ3) is 5.30. The molecule has 0 amide bonds. The van der Waals surface area contributed by atoms with E-state index < -0.39 is 45.3 Å². The van der Waals surface area contributed by atoms with Gasteiger partial charge in [-0.05, 0) is 13.3 Å². The summed E-state index contributed by atoms with van der Waals surface area (Å²) in [5.74, 6) is -3.56. The lowest BCUT2D eigenvalue weighted by atomic mass is 10.2. The molecule has 1 aliphatic carbocycles. The molecule has 1 fully saturated rings. The summed E-state index contributed by atoms with van der Waals surface area (Å²) >= 11 is 5.82. The van der Waals surface area contributed by atoms with E-state index >= 15 is 0 Å². The van der Waals surface area contributed by atoms with E-state index in [1.165, 1.54) is 40.6 Å². The van der Waals surface area contributed by atoms with Crippen LogP contribution in [0.2, 0.25) is 5.02 Å². The van der Waals surface area contributed by atoms with Crippen molar-refractivity contribution >= 4 is 27.6 Å². The van der Waals surface area contributed by atoms with Crippen LogP contribution in [0.25, 0.3) is 5.69 Å². The molecule has 3 heterocycles. The van der Waals surface area contributed by atoms with E-state index in [1.54, 1.807) is 0 Å². The molecule has 3 aromatic rings. The maximum absolute atomic E-state index is 13.4. The quantitative estimate of drug-likeness (QED) is 0.377. The largest absolute Gasteiger partial charge is 0.479 e. The van der Waals surface area contributed by atoms with Gasteiger partial charge in [0.2, 0.25) is 27.7 Å². The van der Waals surface area contributed by atoms with Gasteiger partial charge in [0.05, 0.1) is 25.2 Å². The number of halogens is 4. The van der Waals surface area contributed by atoms with Crippen molar-refractivity contribution in [1.29, 1.82) is 0 Å². The minimum atomic E-state index is -4.48. The number of aromatic nitrogens is 7. The number of nitrogens with one attached hydrogen (secondary N) is 1. The summed E-state index contributed by atoms with van der Waals surface area (Å²) in [6.45, 7) is 1.34. The summed E-state index contributed by atoms with van der Waals surface area (Å²) < 4.78 is 86.3. The molecule has 0 spiro atoms. The van der Waals surface area contributed by atoms with E-state index in [0.29, 0.717) is 0 Å². The Morgan fingerprint density at radius 3 is 2.18 bits per heavy atom. The van der Waals surface area contributed by atoms with E-state index in [4.69, 9.17) is 25.8 Å². The maximum Gasteiger partial charge on any atom is 0.392 e. The number of anilines is 1. The molecule has 4 rings (SSSR count). The highest BCUT2D eigenvalue weighted by Gasteiger charge is 2.58. The van der Waals surface area contributed by atoms with Crippen LogP contribution in [0.4, 0.5) is 19.1 Å². The van der Waals surface area contributed by atoms with Gasteiger partial charge in [-0.2, -0.15) is 23.1 Å². The summed E-state index contributed by atoms with van der Waals surface area (Å²) in [7, 11) is -0.528. The molecule has 1 saturated carbocycles. The molecule has 0 radical (unpaired) electrons. The summed E-state index contributed by atoms with van der Waals surface area (Å²) in [5.41, 5.74) is -0.0833. The Balaban J connectivity index is 1.78. The Morgan fingerprint density at radius 1 is 1.08 bits per heavy atom. The van der Waals surface area contributed by atoms with Crippen molar-refractivity contribution in [3.05, 3.63) is 35.4 Å². The van der Waals surface area contributed by atoms with Crippen molar-refractivity contribution < 1.29 is 35.8 Å². The minimum absolute atomic E-state index is 0.0442. The Kier molecular flexibility index (Phi) is 7.62. The molecule has 3 aromatic heterocycles. The lowest BCUT2D eigenvalue weighted by molar-refractivity contribution is -0.148. The van der Waals surface area contributed by atoms with E-state index in [0.717, 1.165) is 10.9 Å². The third-order valence-corrected chi connectivity index (χ3v) is 7.78. The van der Waals surface area contributed by atoms with Crippen LogP contribution in [-0.4, -0.2) is 75.9 Å². The van der Waals surface area contributed by atoms with Crippen LogP contribution in [-0.2, 0) is 14.8 Å². The number of sulfonamides is 1. The molecule has 38 heavy (non-hydrogen) atoms. The zero-order valence-corrected chi connectivity index (χ0v) is 21.9. The van der Waals surface area contributed by atoms with Gasteiger partial charge in [-0.25, -0.2) is 18.4 Å². The van der Waals surface area contributed by atoms with Crippen LogP contribution >= 0.6 is 11.6 Å². The van der Waals surface area contributed by atoms with Crippen molar-refractivity contribution in [3.8, 4) is 17.4 Å². The molecule has 206 valence electrons. The van der Waals surface area contributed by atoms with Gasteiger partial charge >= 0.3 is 6.18 Å². The van der Waals surface area contributed by atoms with E-state index in [2.05, 4.69) is 34.9 Å². The highest BCUT2D eigenvalue weighted by atomic mass is 35.5. The highest BCUT2D eigenvalue weighted by Crippen LogP contribution is 2.56. The summed E-state index contributed by atoms with van der Waals surface area (Å²) in [4.78, 5) is 16.0. The molecule has 1 aliphatic rings. The maximum atomic E-state index is 13.4.